The number of methoxy groups -OCH3 is 1. The summed E-state index contributed by atoms with van der Waals surface area (Å²) in [6, 6.07) is 11.1. The molecule has 0 unspecified atom stereocenters. The molecule has 0 bridgehead atoms. The Morgan fingerprint density at radius 2 is 2.00 bits per heavy atom. The second-order valence-corrected chi connectivity index (χ2v) is 5.98. The van der Waals surface area contributed by atoms with E-state index in [9.17, 15) is 0 Å². The van der Waals surface area contributed by atoms with Crippen LogP contribution in [0.25, 0.3) is 11.1 Å². The highest BCUT2D eigenvalue weighted by Crippen LogP contribution is 2.27. The van der Waals surface area contributed by atoms with E-state index in [0.29, 0.717) is 6.04 Å². The molecule has 0 saturated heterocycles. The van der Waals surface area contributed by atoms with Gasteiger partial charge in [-0.05, 0) is 36.6 Å². The van der Waals surface area contributed by atoms with E-state index in [1.165, 1.54) is 43.2 Å². The van der Waals surface area contributed by atoms with Crippen LogP contribution in [0.1, 0.15) is 37.7 Å². The van der Waals surface area contributed by atoms with E-state index in [2.05, 4.69) is 34.6 Å². The summed E-state index contributed by atoms with van der Waals surface area (Å²) in [4.78, 5) is 4.21. The predicted octanol–water partition coefficient (Wildman–Crippen LogP) is 4.18. The molecule has 1 aliphatic carbocycles. The Morgan fingerprint density at radius 3 is 2.73 bits per heavy atom. The minimum atomic E-state index is 0.653. The van der Waals surface area contributed by atoms with Crippen LogP contribution in [-0.4, -0.2) is 18.1 Å². The molecule has 1 N–H and O–H groups in total. The number of hydrogen-bond acceptors (Lipinski definition) is 3. The van der Waals surface area contributed by atoms with Gasteiger partial charge in [0, 0.05) is 36.1 Å². The molecule has 1 aromatic heterocycles. The van der Waals surface area contributed by atoms with Crippen LogP contribution in [-0.2, 0) is 6.54 Å². The molecule has 1 heterocycles. The van der Waals surface area contributed by atoms with Crippen molar-refractivity contribution in [3.8, 4) is 16.9 Å². The van der Waals surface area contributed by atoms with E-state index in [0.717, 1.165) is 17.9 Å². The van der Waals surface area contributed by atoms with E-state index >= 15 is 0 Å². The van der Waals surface area contributed by atoms with E-state index in [1.54, 1.807) is 13.3 Å². The molecule has 22 heavy (non-hydrogen) atoms. The van der Waals surface area contributed by atoms with Crippen molar-refractivity contribution in [2.45, 2.75) is 44.7 Å². The summed E-state index contributed by atoms with van der Waals surface area (Å²) >= 11 is 0. The van der Waals surface area contributed by atoms with Gasteiger partial charge in [0.15, 0.2) is 0 Å². The molecule has 1 aromatic carbocycles. The highest BCUT2D eigenvalue weighted by Gasteiger charge is 2.14. The summed E-state index contributed by atoms with van der Waals surface area (Å²) < 4.78 is 5.52. The molecule has 1 saturated carbocycles. The summed E-state index contributed by atoms with van der Waals surface area (Å²) in [6.45, 7) is 0.863. The van der Waals surface area contributed by atoms with E-state index in [1.807, 2.05) is 12.3 Å². The third-order valence-electron chi connectivity index (χ3n) is 4.46. The average Bonchev–Trinajstić information content (AvgIpc) is 2.61. The van der Waals surface area contributed by atoms with Gasteiger partial charge in [0.2, 0.25) is 0 Å². The summed E-state index contributed by atoms with van der Waals surface area (Å²) in [5, 5.41) is 3.70. The number of nitrogens with one attached hydrogen (secondary N) is 1. The Labute approximate surface area is 132 Å². The summed E-state index contributed by atoms with van der Waals surface area (Å²) in [5.41, 5.74) is 3.55. The molecule has 116 valence electrons. The van der Waals surface area contributed by atoms with Gasteiger partial charge in [0.25, 0.3) is 0 Å². The number of ether oxygens (including phenoxy) is 1. The molecule has 1 aliphatic rings. The second-order valence-electron chi connectivity index (χ2n) is 5.98. The third-order valence-corrected chi connectivity index (χ3v) is 4.46. The molecular formula is C19H24N2O. The molecule has 0 atom stereocenters. The number of pyridine rings is 1. The van der Waals surface area contributed by atoms with Gasteiger partial charge in [-0.2, -0.15) is 0 Å². The lowest BCUT2D eigenvalue weighted by Crippen LogP contribution is -2.30. The molecule has 0 amide bonds. The van der Waals surface area contributed by atoms with Crippen molar-refractivity contribution in [1.29, 1.82) is 0 Å². The molecule has 0 spiro atoms. The maximum Gasteiger partial charge on any atom is 0.123 e. The second kappa shape index (κ2) is 7.41. The minimum Gasteiger partial charge on any atom is -0.496 e. The fourth-order valence-electron chi connectivity index (χ4n) is 3.19. The molecular weight excluding hydrogens is 272 g/mol. The minimum absolute atomic E-state index is 0.653. The first-order valence-corrected chi connectivity index (χ1v) is 8.17. The van der Waals surface area contributed by atoms with Crippen LogP contribution in [0, 0.1) is 0 Å². The van der Waals surface area contributed by atoms with Gasteiger partial charge < -0.3 is 10.1 Å². The van der Waals surface area contributed by atoms with Gasteiger partial charge in [0.05, 0.1) is 7.11 Å². The largest absolute Gasteiger partial charge is 0.496 e. The number of nitrogens with zero attached hydrogens (tertiary/aromatic N) is 1. The first-order chi connectivity index (χ1) is 10.9. The Balaban J connectivity index is 1.76. The molecule has 3 rings (SSSR count). The summed E-state index contributed by atoms with van der Waals surface area (Å²) in [6.07, 6.45) is 10.4. The van der Waals surface area contributed by atoms with Crippen LogP contribution in [0.2, 0.25) is 0 Å². The van der Waals surface area contributed by atoms with E-state index in [-0.39, 0.29) is 0 Å². The summed E-state index contributed by atoms with van der Waals surface area (Å²) in [5.74, 6) is 0.955. The number of aromatic nitrogens is 1. The molecule has 0 radical (unpaired) electrons. The van der Waals surface area contributed by atoms with Crippen molar-refractivity contribution in [3.63, 3.8) is 0 Å². The summed E-state index contributed by atoms with van der Waals surface area (Å²) in [7, 11) is 1.74. The van der Waals surface area contributed by atoms with Gasteiger partial charge in [-0.3, -0.25) is 4.98 Å². The van der Waals surface area contributed by atoms with Gasteiger partial charge in [-0.15, -0.1) is 0 Å². The van der Waals surface area contributed by atoms with Crippen LogP contribution in [0.3, 0.4) is 0 Å². The first kappa shape index (κ1) is 15.0. The number of benzene rings is 1. The first-order valence-electron chi connectivity index (χ1n) is 8.17. The van der Waals surface area contributed by atoms with Gasteiger partial charge in [0.1, 0.15) is 5.75 Å². The van der Waals surface area contributed by atoms with Crippen molar-refractivity contribution >= 4 is 0 Å². The average molecular weight is 296 g/mol. The van der Waals surface area contributed by atoms with Crippen molar-refractivity contribution in [2.75, 3.05) is 7.11 Å². The van der Waals surface area contributed by atoms with Gasteiger partial charge in [-0.1, -0.05) is 31.4 Å². The van der Waals surface area contributed by atoms with Crippen LogP contribution < -0.4 is 10.1 Å². The zero-order valence-corrected chi connectivity index (χ0v) is 13.2. The number of rotatable bonds is 5. The standard InChI is InChI=1S/C19H24N2O/c1-22-19-10-9-15(16-6-5-11-20-13-16)12-17(19)14-21-18-7-3-2-4-8-18/h5-6,9-13,18,21H,2-4,7-8,14H2,1H3. The molecule has 3 heteroatoms. The molecule has 2 aromatic rings. The topological polar surface area (TPSA) is 34.1 Å². The Kier molecular flexibility index (Phi) is 5.07. The van der Waals surface area contributed by atoms with E-state index < -0.39 is 0 Å². The lowest BCUT2D eigenvalue weighted by molar-refractivity contribution is 0.365. The maximum absolute atomic E-state index is 5.52. The SMILES string of the molecule is COc1ccc(-c2cccnc2)cc1CNC1CCCCC1. The molecule has 1 fully saturated rings. The smallest absolute Gasteiger partial charge is 0.123 e. The fourth-order valence-corrected chi connectivity index (χ4v) is 3.19. The Morgan fingerprint density at radius 1 is 1.14 bits per heavy atom. The highest BCUT2D eigenvalue weighted by atomic mass is 16.5. The van der Waals surface area contributed by atoms with Crippen LogP contribution >= 0.6 is 0 Å². The zero-order valence-electron chi connectivity index (χ0n) is 13.2. The van der Waals surface area contributed by atoms with Gasteiger partial charge >= 0.3 is 0 Å². The Bertz CT molecular complexity index is 592. The maximum atomic E-state index is 5.52. The van der Waals surface area contributed by atoms with Crippen LogP contribution in [0.15, 0.2) is 42.7 Å². The highest BCUT2D eigenvalue weighted by molar-refractivity contribution is 5.64. The monoisotopic (exact) mass is 296 g/mol. The lowest BCUT2D eigenvalue weighted by Gasteiger charge is -2.23. The zero-order chi connectivity index (χ0) is 15.2. The third kappa shape index (κ3) is 3.66. The Hall–Kier alpha value is -1.87. The van der Waals surface area contributed by atoms with E-state index in [4.69, 9.17) is 4.74 Å². The number of hydrogen-bond donors (Lipinski definition) is 1. The fraction of sp³-hybridized carbons (Fsp3) is 0.421. The van der Waals surface area contributed by atoms with Gasteiger partial charge in [-0.25, -0.2) is 0 Å². The van der Waals surface area contributed by atoms with Crippen molar-refractivity contribution < 1.29 is 4.74 Å². The predicted molar refractivity (Wildman–Crippen MR) is 89.9 cm³/mol. The molecule has 0 aliphatic heterocycles. The van der Waals surface area contributed by atoms with Crippen LogP contribution in [0.4, 0.5) is 0 Å². The van der Waals surface area contributed by atoms with Crippen molar-refractivity contribution in [3.05, 3.63) is 48.3 Å². The van der Waals surface area contributed by atoms with Crippen molar-refractivity contribution in [1.82, 2.24) is 10.3 Å². The quantitative estimate of drug-likeness (QED) is 0.898. The lowest BCUT2D eigenvalue weighted by atomic mass is 9.95. The normalized spacial score (nSPS) is 15.7. The van der Waals surface area contributed by atoms with Crippen LogP contribution in [0.5, 0.6) is 5.75 Å². The van der Waals surface area contributed by atoms with Crippen molar-refractivity contribution in [2.24, 2.45) is 0 Å². The molecule has 3 nitrogen and oxygen atoms in total.